The highest BCUT2D eigenvalue weighted by Gasteiger charge is 2.19. The summed E-state index contributed by atoms with van der Waals surface area (Å²) >= 11 is 6.11. The van der Waals surface area contributed by atoms with Crippen LogP contribution in [0, 0.1) is 5.92 Å². The number of hydrogen-bond donors (Lipinski definition) is 1. The molecule has 0 aromatic heterocycles. The molecule has 0 aliphatic rings. The zero-order chi connectivity index (χ0) is 12.1. The van der Waals surface area contributed by atoms with Crippen LogP contribution in [0.4, 0.5) is 0 Å². The minimum absolute atomic E-state index is 0.144. The summed E-state index contributed by atoms with van der Waals surface area (Å²) in [5, 5.41) is -0.144. The first-order chi connectivity index (χ1) is 6.85. The van der Waals surface area contributed by atoms with Crippen LogP contribution in [0.1, 0.15) is 26.7 Å². The van der Waals surface area contributed by atoms with Crippen LogP contribution in [-0.4, -0.2) is 38.7 Å². The van der Waals surface area contributed by atoms with E-state index in [2.05, 4.69) is 18.6 Å². The third-order valence-corrected chi connectivity index (χ3v) is 4.51. The van der Waals surface area contributed by atoms with Crippen molar-refractivity contribution in [3.63, 3.8) is 0 Å². The molecule has 1 unspecified atom stereocenters. The van der Waals surface area contributed by atoms with Gasteiger partial charge in [0, 0.05) is 26.0 Å². The van der Waals surface area contributed by atoms with E-state index < -0.39 is 10.2 Å². The third kappa shape index (κ3) is 5.15. The molecule has 0 fully saturated rings. The van der Waals surface area contributed by atoms with E-state index in [0.29, 0.717) is 5.92 Å². The number of alkyl halides is 1. The monoisotopic (exact) mass is 256 g/mol. The Kier molecular flexibility index (Phi) is 6.75. The Morgan fingerprint density at radius 3 is 2.07 bits per heavy atom. The Hall–Kier alpha value is 0.160. The van der Waals surface area contributed by atoms with Crippen LogP contribution in [0.5, 0.6) is 0 Å². The SMILES string of the molecule is CCC(CC)C(Cl)CNS(=O)(=O)N(C)C. The van der Waals surface area contributed by atoms with Crippen LogP contribution in [0.2, 0.25) is 0 Å². The van der Waals surface area contributed by atoms with Crippen LogP contribution < -0.4 is 4.72 Å². The number of rotatable bonds is 7. The molecule has 0 saturated carbocycles. The van der Waals surface area contributed by atoms with Gasteiger partial charge in [0.2, 0.25) is 0 Å². The molecule has 0 radical (unpaired) electrons. The topological polar surface area (TPSA) is 49.4 Å². The molecular weight excluding hydrogens is 236 g/mol. The molecule has 0 spiro atoms. The molecule has 6 heteroatoms. The molecule has 0 heterocycles. The summed E-state index contributed by atoms with van der Waals surface area (Å²) in [6.45, 7) is 4.41. The molecule has 92 valence electrons. The van der Waals surface area contributed by atoms with Crippen molar-refractivity contribution in [2.45, 2.75) is 32.1 Å². The van der Waals surface area contributed by atoms with Crippen molar-refractivity contribution in [1.29, 1.82) is 0 Å². The van der Waals surface area contributed by atoms with Crippen LogP contribution in [-0.2, 0) is 10.2 Å². The second-order valence-electron chi connectivity index (χ2n) is 3.73. The van der Waals surface area contributed by atoms with Crippen molar-refractivity contribution in [2.24, 2.45) is 5.92 Å². The fraction of sp³-hybridized carbons (Fsp3) is 1.00. The van der Waals surface area contributed by atoms with Gasteiger partial charge in [-0.15, -0.1) is 11.6 Å². The Labute approximate surface area is 98.2 Å². The molecule has 0 aromatic carbocycles. The molecular formula is C9H21ClN2O2S. The highest BCUT2D eigenvalue weighted by atomic mass is 35.5. The molecule has 0 bridgehead atoms. The van der Waals surface area contributed by atoms with Gasteiger partial charge in [0.25, 0.3) is 10.2 Å². The molecule has 0 amide bonds. The van der Waals surface area contributed by atoms with Gasteiger partial charge in [-0.3, -0.25) is 0 Å². The molecule has 0 saturated heterocycles. The first kappa shape index (κ1) is 15.2. The van der Waals surface area contributed by atoms with Gasteiger partial charge < -0.3 is 0 Å². The van der Waals surface area contributed by atoms with Crippen molar-refractivity contribution in [1.82, 2.24) is 9.03 Å². The molecule has 0 aliphatic heterocycles. The van der Waals surface area contributed by atoms with E-state index in [0.717, 1.165) is 17.1 Å². The van der Waals surface area contributed by atoms with E-state index in [1.165, 1.54) is 14.1 Å². The zero-order valence-electron chi connectivity index (χ0n) is 9.83. The summed E-state index contributed by atoms with van der Waals surface area (Å²) < 4.78 is 26.4. The molecule has 4 nitrogen and oxygen atoms in total. The second kappa shape index (κ2) is 6.68. The van der Waals surface area contributed by atoms with E-state index in [4.69, 9.17) is 11.6 Å². The van der Waals surface area contributed by atoms with E-state index in [-0.39, 0.29) is 11.9 Å². The van der Waals surface area contributed by atoms with Crippen LogP contribution in [0.25, 0.3) is 0 Å². The first-order valence-corrected chi connectivity index (χ1v) is 7.04. The van der Waals surface area contributed by atoms with Crippen LogP contribution in [0.15, 0.2) is 0 Å². The third-order valence-electron chi connectivity index (χ3n) is 2.50. The Balaban J connectivity index is 4.16. The van der Waals surface area contributed by atoms with Crippen LogP contribution >= 0.6 is 11.6 Å². The number of halogens is 1. The normalized spacial score (nSPS) is 14.9. The fourth-order valence-corrected chi connectivity index (χ4v) is 2.45. The average molecular weight is 257 g/mol. The van der Waals surface area contributed by atoms with Gasteiger partial charge >= 0.3 is 0 Å². The number of nitrogens with one attached hydrogen (secondary N) is 1. The minimum atomic E-state index is -3.34. The fourth-order valence-electron chi connectivity index (χ4n) is 1.28. The van der Waals surface area contributed by atoms with Crippen molar-refractivity contribution in [2.75, 3.05) is 20.6 Å². The molecule has 1 atom stereocenters. The summed E-state index contributed by atoms with van der Waals surface area (Å²) in [4.78, 5) is 0. The molecule has 1 N–H and O–H groups in total. The molecule has 0 aliphatic carbocycles. The summed E-state index contributed by atoms with van der Waals surface area (Å²) in [6, 6.07) is 0. The first-order valence-electron chi connectivity index (χ1n) is 5.16. The summed E-state index contributed by atoms with van der Waals surface area (Å²) in [5.41, 5.74) is 0. The maximum atomic E-state index is 11.4. The lowest BCUT2D eigenvalue weighted by Crippen LogP contribution is -2.40. The average Bonchev–Trinajstić information content (AvgIpc) is 2.16. The Morgan fingerprint density at radius 2 is 1.73 bits per heavy atom. The van der Waals surface area contributed by atoms with Gasteiger partial charge in [0.05, 0.1) is 0 Å². The van der Waals surface area contributed by atoms with E-state index in [1.54, 1.807) is 0 Å². The van der Waals surface area contributed by atoms with Gasteiger partial charge in [0.15, 0.2) is 0 Å². The summed E-state index contributed by atoms with van der Waals surface area (Å²) in [5.74, 6) is 0.358. The predicted octanol–water partition coefficient (Wildman–Crippen LogP) is 1.43. The maximum Gasteiger partial charge on any atom is 0.278 e. The van der Waals surface area contributed by atoms with Crippen molar-refractivity contribution in [3.05, 3.63) is 0 Å². The molecule has 15 heavy (non-hydrogen) atoms. The number of hydrogen-bond acceptors (Lipinski definition) is 2. The van der Waals surface area contributed by atoms with Crippen LogP contribution in [0.3, 0.4) is 0 Å². The highest BCUT2D eigenvalue weighted by molar-refractivity contribution is 7.87. The summed E-state index contributed by atoms with van der Waals surface area (Å²) in [6.07, 6.45) is 1.93. The second-order valence-corrected chi connectivity index (χ2v) is 6.26. The lowest BCUT2D eigenvalue weighted by Gasteiger charge is -2.20. The van der Waals surface area contributed by atoms with Crippen molar-refractivity contribution < 1.29 is 8.42 Å². The van der Waals surface area contributed by atoms with E-state index in [1.807, 2.05) is 0 Å². The lowest BCUT2D eigenvalue weighted by molar-refractivity contribution is 0.451. The maximum absolute atomic E-state index is 11.4. The van der Waals surface area contributed by atoms with Gasteiger partial charge in [-0.1, -0.05) is 26.7 Å². The molecule has 0 aromatic rings. The lowest BCUT2D eigenvalue weighted by atomic mass is 9.99. The standard InChI is InChI=1S/C9H21ClN2O2S/c1-5-8(6-2)9(10)7-11-15(13,14)12(3)4/h8-9,11H,5-7H2,1-4H3. The van der Waals surface area contributed by atoms with Gasteiger partial charge in [-0.2, -0.15) is 12.7 Å². The zero-order valence-corrected chi connectivity index (χ0v) is 11.4. The highest BCUT2D eigenvalue weighted by Crippen LogP contribution is 2.17. The minimum Gasteiger partial charge on any atom is -0.201 e. The number of nitrogens with zero attached hydrogens (tertiary/aromatic N) is 1. The van der Waals surface area contributed by atoms with Gasteiger partial charge in [0.1, 0.15) is 0 Å². The van der Waals surface area contributed by atoms with Gasteiger partial charge in [-0.05, 0) is 5.92 Å². The summed E-state index contributed by atoms with van der Waals surface area (Å²) in [7, 11) is -0.367. The largest absolute Gasteiger partial charge is 0.278 e. The predicted molar refractivity (Wildman–Crippen MR) is 64.3 cm³/mol. The smallest absolute Gasteiger partial charge is 0.201 e. The van der Waals surface area contributed by atoms with Crippen molar-refractivity contribution in [3.8, 4) is 0 Å². The quantitative estimate of drug-likeness (QED) is 0.701. The van der Waals surface area contributed by atoms with Gasteiger partial charge in [-0.25, -0.2) is 4.72 Å². The molecule has 0 rings (SSSR count). The van der Waals surface area contributed by atoms with E-state index >= 15 is 0 Å². The Bertz CT molecular complexity index is 263. The van der Waals surface area contributed by atoms with Crippen molar-refractivity contribution >= 4 is 21.8 Å². The Morgan fingerprint density at radius 1 is 1.27 bits per heavy atom. The van der Waals surface area contributed by atoms with E-state index in [9.17, 15) is 8.42 Å².